The third kappa shape index (κ3) is 4.90. The Morgan fingerprint density at radius 3 is 2.07 bits per heavy atom. The van der Waals surface area contributed by atoms with Crippen molar-refractivity contribution in [3.63, 3.8) is 0 Å². The van der Waals surface area contributed by atoms with E-state index in [1.165, 1.54) is 0 Å². The largest absolute Gasteiger partial charge is 0.446 e. The van der Waals surface area contributed by atoms with E-state index in [2.05, 4.69) is 5.10 Å². The fraction of sp³-hybridized carbons (Fsp3) is 0.286. The molecule has 1 N–H and O–H groups in total. The number of aliphatic hydroxyl groups excluding tert-OH is 1. The van der Waals surface area contributed by atoms with Gasteiger partial charge in [-0.25, -0.2) is 4.68 Å². The van der Waals surface area contributed by atoms with Gasteiger partial charge in [0.2, 0.25) is 0 Å². The van der Waals surface area contributed by atoms with Crippen LogP contribution in [0, 0.1) is 11.3 Å². The third-order valence-electron chi connectivity index (χ3n) is 3.35. The number of nitriles is 1. The molecule has 0 saturated heterocycles. The quantitative estimate of drug-likeness (QED) is 0.395. The highest BCUT2D eigenvalue weighted by Gasteiger charge is 2.47. The lowest BCUT2D eigenvalue weighted by Crippen LogP contribution is -2.25. The van der Waals surface area contributed by atoms with Crippen molar-refractivity contribution >= 4 is 35.0 Å². The summed E-state index contributed by atoms with van der Waals surface area (Å²) in [6.07, 6.45) is -14.7. The molecule has 1 aromatic carbocycles. The molecule has 1 heterocycles. The molecule has 1 atom stereocenters. The van der Waals surface area contributed by atoms with E-state index in [1.807, 2.05) is 0 Å². The van der Waals surface area contributed by atoms with Gasteiger partial charge in [-0.15, -0.1) is 0 Å². The molecule has 4 nitrogen and oxygen atoms in total. The van der Waals surface area contributed by atoms with Gasteiger partial charge in [0.25, 0.3) is 0 Å². The standard InChI is InChI=1S/C14H4Cl2F9N3OS/c15-4-1-2-6(7(8(4)16)12(17,18)19)28-9(11(29)13(20,21)22)10(5(3-26)27-28)30-14(23,24)25/h1-2,11,29H. The van der Waals surface area contributed by atoms with Crippen molar-refractivity contribution in [2.75, 3.05) is 0 Å². The highest BCUT2D eigenvalue weighted by atomic mass is 35.5. The number of rotatable bonds is 3. The average Bonchev–Trinajstić information content (AvgIpc) is 2.90. The number of hydrogen-bond donors (Lipinski definition) is 1. The van der Waals surface area contributed by atoms with Crippen LogP contribution in [0.4, 0.5) is 39.5 Å². The second-order valence-corrected chi connectivity index (χ2v) is 7.19. The summed E-state index contributed by atoms with van der Waals surface area (Å²) >= 11 is 9.78. The van der Waals surface area contributed by atoms with Crippen LogP contribution in [0.3, 0.4) is 0 Å². The van der Waals surface area contributed by atoms with Gasteiger partial charge in [0.05, 0.1) is 26.3 Å². The molecule has 2 rings (SSSR count). The molecule has 0 spiro atoms. The maximum atomic E-state index is 13.5. The number of hydrogen-bond acceptors (Lipinski definition) is 4. The topological polar surface area (TPSA) is 61.8 Å². The first-order valence-corrected chi connectivity index (χ1v) is 8.65. The first kappa shape index (κ1) is 24.4. The fourth-order valence-corrected chi connectivity index (χ4v) is 3.41. The predicted molar refractivity (Wildman–Crippen MR) is 86.2 cm³/mol. The molecule has 1 aromatic heterocycles. The van der Waals surface area contributed by atoms with Crippen LogP contribution in [0.15, 0.2) is 17.0 Å². The Hall–Kier alpha value is -1.82. The molecule has 16 heteroatoms. The zero-order valence-corrected chi connectivity index (χ0v) is 15.9. The molecule has 0 aliphatic carbocycles. The predicted octanol–water partition coefficient (Wildman–Crippen LogP) is 6.28. The number of aromatic nitrogens is 2. The van der Waals surface area contributed by atoms with E-state index >= 15 is 0 Å². The van der Waals surface area contributed by atoms with Crippen LogP contribution < -0.4 is 0 Å². The van der Waals surface area contributed by atoms with Crippen molar-refractivity contribution in [2.24, 2.45) is 0 Å². The van der Waals surface area contributed by atoms with Gasteiger partial charge >= 0.3 is 17.9 Å². The summed E-state index contributed by atoms with van der Waals surface area (Å²) in [7, 11) is 0. The first-order valence-electron chi connectivity index (χ1n) is 7.08. The van der Waals surface area contributed by atoms with E-state index in [4.69, 9.17) is 28.5 Å². The zero-order chi connectivity index (χ0) is 23.2. The minimum Gasteiger partial charge on any atom is -0.378 e. The Labute approximate surface area is 174 Å². The number of alkyl halides is 9. The van der Waals surface area contributed by atoms with Gasteiger partial charge in [-0.1, -0.05) is 23.2 Å². The number of nitrogens with zero attached hydrogens (tertiary/aromatic N) is 3. The lowest BCUT2D eigenvalue weighted by Gasteiger charge is -2.21. The molecule has 0 aliphatic rings. The van der Waals surface area contributed by atoms with Crippen LogP contribution in [-0.2, 0) is 6.18 Å². The Balaban J connectivity index is 2.99. The molecule has 0 fully saturated rings. The van der Waals surface area contributed by atoms with Crippen molar-refractivity contribution in [3.05, 3.63) is 39.1 Å². The summed E-state index contributed by atoms with van der Waals surface area (Å²) < 4.78 is 118. The van der Waals surface area contributed by atoms with Crippen molar-refractivity contribution in [1.82, 2.24) is 9.78 Å². The van der Waals surface area contributed by atoms with E-state index in [9.17, 15) is 44.6 Å². The van der Waals surface area contributed by atoms with E-state index < -0.39 is 73.3 Å². The van der Waals surface area contributed by atoms with Gasteiger partial charge in [-0.2, -0.15) is 49.9 Å². The molecule has 1 unspecified atom stereocenters. The van der Waals surface area contributed by atoms with Crippen molar-refractivity contribution in [1.29, 1.82) is 5.26 Å². The molecule has 0 saturated carbocycles. The monoisotopic (exact) mass is 503 g/mol. The highest BCUT2D eigenvalue weighted by Crippen LogP contribution is 2.48. The van der Waals surface area contributed by atoms with Crippen LogP contribution in [0.1, 0.15) is 23.1 Å². The van der Waals surface area contributed by atoms with Crippen LogP contribution in [0.25, 0.3) is 5.69 Å². The van der Waals surface area contributed by atoms with Gasteiger partial charge < -0.3 is 5.11 Å². The van der Waals surface area contributed by atoms with Crippen LogP contribution >= 0.6 is 35.0 Å². The second kappa shape index (κ2) is 8.03. The van der Waals surface area contributed by atoms with Crippen molar-refractivity contribution in [2.45, 2.75) is 28.9 Å². The van der Waals surface area contributed by atoms with Gasteiger partial charge in [-0.3, -0.25) is 0 Å². The van der Waals surface area contributed by atoms with Gasteiger partial charge in [0, 0.05) is 0 Å². The lowest BCUT2D eigenvalue weighted by atomic mass is 10.1. The molecule has 0 amide bonds. The van der Waals surface area contributed by atoms with E-state index in [0.29, 0.717) is 6.07 Å². The van der Waals surface area contributed by atoms with Gasteiger partial charge in [0.15, 0.2) is 11.8 Å². The number of aliphatic hydroxyl groups is 1. The highest BCUT2D eigenvalue weighted by molar-refractivity contribution is 8.00. The minimum absolute atomic E-state index is 0.254. The summed E-state index contributed by atoms with van der Waals surface area (Å²) in [6, 6.07) is 2.28. The van der Waals surface area contributed by atoms with Crippen molar-refractivity contribution < 1.29 is 44.6 Å². The molecule has 2 aromatic rings. The van der Waals surface area contributed by atoms with Crippen molar-refractivity contribution in [3.8, 4) is 11.8 Å². The lowest BCUT2D eigenvalue weighted by molar-refractivity contribution is -0.209. The minimum atomic E-state index is -5.61. The van der Waals surface area contributed by atoms with E-state index in [1.54, 1.807) is 0 Å². The summed E-state index contributed by atoms with van der Waals surface area (Å²) in [5, 5.41) is 19.9. The smallest absolute Gasteiger partial charge is 0.378 e. The Morgan fingerprint density at radius 2 is 1.63 bits per heavy atom. The average molecular weight is 504 g/mol. The van der Waals surface area contributed by atoms with Crippen LogP contribution in [0.5, 0.6) is 0 Å². The SMILES string of the molecule is N#Cc1nn(-c2ccc(Cl)c(Cl)c2C(F)(F)F)c(C(O)C(F)(F)F)c1SC(F)(F)F. The number of benzene rings is 1. The van der Waals surface area contributed by atoms with E-state index in [-0.39, 0.29) is 4.68 Å². The maximum Gasteiger partial charge on any atom is 0.446 e. The van der Waals surface area contributed by atoms with E-state index in [0.717, 1.165) is 12.1 Å². The van der Waals surface area contributed by atoms with Crippen LogP contribution in [0.2, 0.25) is 10.0 Å². The summed E-state index contributed by atoms with van der Waals surface area (Å²) in [4.78, 5) is -1.52. The first-order chi connectivity index (χ1) is 13.5. The number of thioether (sulfide) groups is 1. The summed E-state index contributed by atoms with van der Waals surface area (Å²) in [5.74, 6) is 0. The molecule has 164 valence electrons. The molecular formula is C14H4Cl2F9N3OS. The van der Waals surface area contributed by atoms with Gasteiger partial charge in [-0.05, 0) is 23.9 Å². The molecular weight excluding hydrogens is 500 g/mol. The Morgan fingerprint density at radius 1 is 1.07 bits per heavy atom. The molecule has 0 aliphatic heterocycles. The van der Waals surface area contributed by atoms with Crippen LogP contribution in [-0.4, -0.2) is 26.6 Å². The molecule has 0 radical (unpaired) electrons. The Kier molecular flexibility index (Phi) is 6.54. The fourth-order valence-electron chi connectivity index (χ4n) is 2.27. The third-order valence-corrected chi connectivity index (χ3v) is 5.00. The van der Waals surface area contributed by atoms with Gasteiger partial charge in [0.1, 0.15) is 11.6 Å². The molecule has 30 heavy (non-hydrogen) atoms. The summed E-state index contributed by atoms with van der Waals surface area (Å²) in [6.45, 7) is 0. The summed E-state index contributed by atoms with van der Waals surface area (Å²) in [5.41, 5.74) is -11.4. The normalized spacial score (nSPS) is 14.0. The number of halogens is 11. The zero-order valence-electron chi connectivity index (χ0n) is 13.6. The molecule has 0 bridgehead atoms. The second-order valence-electron chi connectivity index (χ2n) is 5.33. The Bertz CT molecular complexity index is 1010. The maximum absolute atomic E-state index is 13.5.